The number of phosphoric acid groups is 1. The van der Waals surface area contributed by atoms with Gasteiger partial charge in [0.25, 0.3) is 0 Å². The van der Waals surface area contributed by atoms with Crippen molar-refractivity contribution in [1.29, 1.82) is 0 Å². The van der Waals surface area contributed by atoms with E-state index in [1.807, 2.05) is 53.7 Å². The Morgan fingerprint density at radius 2 is 1.43 bits per heavy atom. The second kappa shape index (κ2) is 5.73. The van der Waals surface area contributed by atoms with Crippen LogP contribution in [0, 0.1) is 0 Å². The second-order valence-electron chi connectivity index (χ2n) is 7.31. The van der Waals surface area contributed by atoms with Gasteiger partial charge in [-0.25, -0.2) is 4.57 Å². The summed E-state index contributed by atoms with van der Waals surface area (Å²) in [6.07, 6.45) is 0. The smallest absolute Gasteiger partial charge is 0.404 e. The number of hydrogen-bond acceptors (Lipinski definition) is 3. The van der Waals surface area contributed by atoms with Crippen LogP contribution < -0.4 is 10.3 Å². The maximum atomic E-state index is 11.4. The first-order valence-electron chi connectivity index (χ1n) is 6.89. The summed E-state index contributed by atoms with van der Waals surface area (Å²) in [5, 5.41) is 0. The van der Waals surface area contributed by atoms with E-state index < -0.39 is 7.82 Å². The molecule has 0 heterocycles. The van der Waals surface area contributed by atoms with Crippen LogP contribution in [0.15, 0.2) is 12.1 Å². The monoisotopic (exact) mass is 315 g/mol. The summed E-state index contributed by atoms with van der Waals surface area (Å²) < 4.78 is 16.4. The Labute approximate surface area is 126 Å². The van der Waals surface area contributed by atoms with Gasteiger partial charge in [-0.2, -0.15) is 0 Å². The topological polar surface area (TPSA) is 92.8 Å². The fourth-order valence-electron chi connectivity index (χ4n) is 2.14. The molecule has 0 saturated heterocycles. The van der Waals surface area contributed by atoms with Crippen molar-refractivity contribution < 1.29 is 18.9 Å². The van der Waals surface area contributed by atoms with Gasteiger partial charge < -0.3 is 10.3 Å². The molecule has 0 aliphatic rings. The number of hydrogen-bond donors (Lipinski definition) is 3. The number of nitrogens with two attached hydrogens (primary N) is 1. The average molecular weight is 315 g/mol. The summed E-state index contributed by atoms with van der Waals surface area (Å²) in [5.74, 6) is 0.264. The van der Waals surface area contributed by atoms with E-state index in [0.717, 1.165) is 16.7 Å². The lowest BCUT2D eigenvalue weighted by molar-refractivity contribution is 0.278. The van der Waals surface area contributed by atoms with Gasteiger partial charge in [-0.05, 0) is 16.4 Å². The molecule has 6 heteroatoms. The minimum absolute atomic E-state index is 0.264. The van der Waals surface area contributed by atoms with E-state index in [1.165, 1.54) is 0 Å². The molecule has 0 bridgehead atoms. The third kappa shape index (κ3) is 4.82. The highest BCUT2D eigenvalue weighted by molar-refractivity contribution is 7.46. The van der Waals surface area contributed by atoms with Gasteiger partial charge >= 0.3 is 7.82 Å². The van der Waals surface area contributed by atoms with Crippen LogP contribution in [-0.2, 0) is 21.9 Å². The van der Waals surface area contributed by atoms with E-state index in [-0.39, 0.29) is 16.6 Å². The van der Waals surface area contributed by atoms with Crippen molar-refractivity contribution in [2.45, 2.75) is 58.9 Å². The molecule has 0 amide bonds. The molecule has 0 spiro atoms. The highest BCUT2D eigenvalue weighted by atomic mass is 31.2. The molecular formula is C15H26NO4P. The van der Waals surface area contributed by atoms with Crippen molar-refractivity contribution in [3.63, 3.8) is 0 Å². The summed E-state index contributed by atoms with van der Waals surface area (Å²) >= 11 is 0. The van der Waals surface area contributed by atoms with Gasteiger partial charge in [0.1, 0.15) is 5.75 Å². The molecule has 4 N–H and O–H groups in total. The Kier molecular flexibility index (Phi) is 4.96. The third-order valence-corrected chi connectivity index (χ3v) is 3.63. The summed E-state index contributed by atoms with van der Waals surface area (Å²) in [7, 11) is -4.64. The summed E-state index contributed by atoms with van der Waals surface area (Å²) in [5.41, 5.74) is 7.53. The van der Waals surface area contributed by atoms with Gasteiger partial charge in [-0.3, -0.25) is 9.79 Å². The highest BCUT2D eigenvalue weighted by Gasteiger charge is 2.31. The molecule has 1 aromatic rings. The lowest BCUT2D eigenvalue weighted by atomic mass is 9.78. The molecule has 0 aliphatic carbocycles. The molecule has 21 heavy (non-hydrogen) atoms. The van der Waals surface area contributed by atoms with Crippen molar-refractivity contribution in [3.8, 4) is 5.75 Å². The quantitative estimate of drug-likeness (QED) is 0.745. The van der Waals surface area contributed by atoms with Crippen LogP contribution in [0.4, 0.5) is 0 Å². The molecule has 5 nitrogen and oxygen atoms in total. The van der Waals surface area contributed by atoms with Gasteiger partial charge in [0.2, 0.25) is 0 Å². The van der Waals surface area contributed by atoms with E-state index in [0.29, 0.717) is 6.54 Å². The van der Waals surface area contributed by atoms with Gasteiger partial charge in [0.15, 0.2) is 0 Å². The van der Waals surface area contributed by atoms with Gasteiger partial charge in [-0.1, -0.05) is 53.7 Å². The Morgan fingerprint density at radius 3 is 1.67 bits per heavy atom. The minimum atomic E-state index is -4.64. The van der Waals surface area contributed by atoms with E-state index in [2.05, 4.69) is 0 Å². The Balaban J connectivity index is 3.72. The number of phosphoric ester groups is 1. The Bertz CT molecular complexity index is 529. The average Bonchev–Trinajstić information content (AvgIpc) is 2.23. The fourth-order valence-corrected chi connectivity index (χ4v) is 2.57. The van der Waals surface area contributed by atoms with Crippen LogP contribution in [0.2, 0.25) is 0 Å². The van der Waals surface area contributed by atoms with Crippen LogP contribution in [-0.4, -0.2) is 9.79 Å². The maximum absolute atomic E-state index is 11.4. The maximum Gasteiger partial charge on any atom is 0.524 e. The minimum Gasteiger partial charge on any atom is -0.404 e. The van der Waals surface area contributed by atoms with E-state index in [1.54, 1.807) is 0 Å². The predicted octanol–water partition coefficient (Wildman–Crippen LogP) is 3.21. The zero-order valence-electron chi connectivity index (χ0n) is 13.6. The zero-order chi connectivity index (χ0) is 16.6. The molecule has 1 rings (SSSR count). The van der Waals surface area contributed by atoms with Crippen LogP contribution in [0.5, 0.6) is 5.75 Å². The summed E-state index contributed by atoms with van der Waals surface area (Å²) in [6, 6.07) is 3.72. The first kappa shape index (κ1) is 18.2. The Hall–Kier alpha value is -0.870. The van der Waals surface area contributed by atoms with Crippen LogP contribution in [0.1, 0.15) is 58.2 Å². The lowest BCUT2D eigenvalue weighted by Gasteiger charge is -2.30. The van der Waals surface area contributed by atoms with E-state index in [9.17, 15) is 14.4 Å². The van der Waals surface area contributed by atoms with Gasteiger partial charge in [0, 0.05) is 17.7 Å². The highest BCUT2D eigenvalue weighted by Crippen LogP contribution is 2.47. The largest absolute Gasteiger partial charge is 0.524 e. The van der Waals surface area contributed by atoms with Gasteiger partial charge in [0.05, 0.1) is 0 Å². The van der Waals surface area contributed by atoms with E-state index in [4.69, 9.17) is 10.3 Å². The molecular weight excluding hydrogens is 289 g/mol. The van der Waals surface area contributed by atoms with Crippen molar-refractivity contribution in [3.05, 3.63) is 28.8 Å². The number of benzene rings is 1. The standard InChI is InChI=1S/C15H26NO4P/c1-14(2,3)11-7-10(9-16)8-12(15(4,5)6)13(11)20-21(17,18)19/h7-8H,9,16H2,1-6H3,(H2,17,18,19). The van der Waals surface area contributed by atoms with Crippen molar-refractivity contribution >= 4 is 7.82 Å². The predicted molar refractivity (Wildman–Crippen MR) is 84.4 cm³/mol. The van der Waals surface area contributed by atoms with Crippen molar-refractivity contribution in [1.82, 2.24) is 0 Å². The van der Waals surface area contributed by atoms with Crippen molar-refractivity contribution in [2.24, 2.45) is 5.73 Å². The molecule has 0 unspecified atom stereocenters. The second-order valence-corrected chi connectivity index (χ2v) is 8.47. The lowest BCUT2D eigenvalue weighted by Crippen LogP contribution is -2.20. The first-order chi connectivity index (χ1) is 9.25. The number of rotatable bonds is 3. The molecule has 120 valence electrons. The fraction of sp³-hybridized carbons (Fsp3) is 0.600. The zero-order valence-corrected chi connectivity index (χ0v) is 14.5. The first-order valence-corrected chi connectivity index (χ1v) is 8.42. The molecule has 1 aromatic carbocycles. The van der Waals surface area contributed by atoms with E-state index >= 15 is 0 Å². The molecule has 0 aliphatic heterocycles. The van der Waals surface area contributed by atoms with Crippen LogP contribution >= 0.6 is 7.82 Å². The van der Waals surface area contributed by atoms with Crippen LogP contribution in [0.25, 0.3) is 0 Å². The summed E-state index contributed by atoms with van der Waals surface area (Å²) in [6.45, 7) is 12.2. The van der Waals surface area contributed by atoms with Crippen LogP contribution in [0.3, 0.4) is 0 Å². The molecule has 0 fully saturated rings. The molecule has 0 atom stereocenters. The van der Waals surface area contributed by atoms with Crippen molar-refractivity contribution in [2.75, 3.05) is 0 Å². The molecule has 0 aromatic heterocycles. The molecule has 0 radical (unpaired) electrons. The third-order valence-electron chi connectivity index (χ3n) is 3.21. The normalized spacial score (nSPS) is 13.4. The van der Waals surface area contributed by atoms with Gasteiger partial charge in [-0.15, -0.1) is 0 Å². The molecule has 0 saturated carbocycles. The SMILES string of the molecule is CC(C)(C)c1cc(CN)cc(C(C)(C)C)c1OP(=O)(O)O. The summed E-state index contributed by atoms with van der Waals surface area (Å²) in [4.78, 5) is 18.5. The Morgan fingerprint density at radius 1 is 1.05 bits per heavy atom.